The lowest BCUT2D eigenvalue weighted by atomic mass is 10.1. The van der Waals surface area contributed by atoms with Crippen molar-refractivity contribution >= 4 is 27.1 Å². The minimum atomic E-state index is 0.137. The Balaban J connectivity index is 1.88. The lowest BCUT2D eigenvalue weighted by molar-refractivity contribution is 0.215. The number of fused-ring (bicyclic) bond motifs is 1. The fourth-order valence-corrected chi connectivity index (χ4v) is 3.61. The van der Waals surface area contributed by atoms with E-state index in [1.807, 2.05) is 24.3 Å². The number of likely N-dealkylation sites (tertiary alicyclic amines) is 1. The van der Waals surface area contributed by atoms with Crippen molar-refractivity contribution < 1.29 is 5.11 Å². The summed E-state index contributed by atoms with van der Waals surface area (Å²) in [7, 11) is 0. The Kier molecular flexibility index (Phi) is 4.18. The van der Waals surface area contributed by atoms with Gasteiger partial charge < -0.3 is 5.11 Å². The number of rotatable bonds is 3. The Morgan fingerprint density at radius 3 is 2.76 bits per heavy atom. The Hall–Kier alpha value is -1.90. The molecule has 21 heavy (non-hydrogen) atoms. The molecule has 0 amide bonds. The predicted molar refractivity (Wildman–Crippen MR) is 85.1 cm³/mol. The molecule has 0 spiro atoms. The van der Waals surface area contributed by atoms with E-state index in [2.05, 4.69) is 16.0 Å². The molecule has 0 bridgehead atoms. The van der Waals surface area contributed by atoms with Gasteiger partial charge in [0, 0.05) is 0 Å². The number of aromatic nitrogens is 1. The third kappa shape index (κ3) is 3.07. The molecule has 1 aliphatic heterocycles. The second-order valence-corrected chi connectivity index (χ2v) is 6.29. The Labute approximate surface area is 128 Å². The zero-order valence-electron chi connectivity index (χ0n) is 11.7. The van der Waals surface area contributed by atoms with Crippen LogP contribution in [-0.4, -0.2) is 34.6 Å². The van der Waals surface area contributed by atoms with Gasteiger partial charge in [0.25, 0.3) is 0 Å². The number of para-hydroxylation sites is 1. The van der Waals surface area contributed by atoms with Crippen molar-refractivity contribution in [3.05, 3.63) is 35.0 Å². The molecule has 2 heterocycles. The number of nitrogens with zero attached hydrogens (tertiary/aromatic N) is 3. The van der Waals surface area contributed by atoms with Gasteiger partial charge in [-0.15, -0.1) is 11.3 Å². The molecule has 0 saturated carbocycles. The molecule has 3 rings (SSSR count). The number of hydrogen-bond donors (Lipinski definition) is 1. The monoisotopic (exact) mass is 299 g/mol. The first kappa shape index (κ1) is 14.1. The van der Waals surface area contributed by atoms with Gasteiger partial charge in [-0.3, -0.25) is 4.90 Å². The fourth-order valence-electron chi connectivity index (χ4n) is 2.62. The number of benzene rings is 1. The van der Waals surface area contributed by atoms with E-state index in [0.29, 0.717) is 17.1 Å². The number of nitriles is 1. The van der Waals surface area contributed by atoms with Gasteiger partial charge in [0.15, 0.2) is 0 Å². The van der Waals surface area contributed by atoms with Gasteiger partial charge in [0.2, 0.25) is 0 Å². The van der Waals surface area contributed by atoms with Crippen LogP contribution >= 0.6 is 11.3 Å². The van der Waals surface area contributed by atoms with Gasteiger partial charge in [-0.05, 0) is 38.1 Å². The molecular formula is C16H17N3OS. The van der Waals surface area contributed by atoms with Crippen molar-refractivity contribution in [1.29, 1.82) is 5.26 Å². The maximum atomic E-state index is 10.3. The molecule has 1 N–H and O–H groups in total. The van der Waals surface area contributed by atoms with Crippen molar-refractivity contribution in [3.8, 4) is 6.07 Å². The highest BCUT2D eigenvalue weighted by Gasteiger charge is 2.17. The SMILES string of the molecule is N#CC(=C(O)CN1CCCCC1)c1nc2ccccc2s1. The minimum Gasteiger partial charge on any atom is -0.509 e. The van der Waals surface area contributed by atoms with E-state index in [1.54, 1.807) is 0 Å². The lowest BCUT2D eigenvalue weighted by Gasteiger charge is -2.25. The molecule has 1 aromatic heterocycles. The highest BCUT2D eigenvalue weighted by Crippen LogP contribution is 2.28. The molecule has 0 aliphatic carbocycles. The highest BCUT2D eigenvalue weighted by molar-refractivity contribution is 7.19. The van der Waals surface area contributed by atoms with Gasteiger partial charge in [-0.2, -0.15) is 5.26 Å². The van der Waals surface area contributed by atoms with Crippen molar-refractivity contribution in [1.82, 2.24) is 9.88 Å². The summed E-state index contributed by atoms with van der Waals surface area (Å²) in [5.74, 6) is 0.137. The molecule has 1 fully saturated rings. The third-order valence-corrected chi connectivity index (χ3v) is 4.78. The Morgan fingerprint density at radius 1 is 1.29 bits per heavy atom. The molecule has 1 saturated heterocycles. The summed E-state index contributed by atoms with van der Waals surface area (Å²) >= 11 is 1.45. The van der Waals surface area contributed by atoms with E-state index in [9.17, 15) is 10.4 Å². The molecule has 0 unspecified atom stereocenters. The molecule has 108 valence electrons. The van der Waals surface area contributed by atoms with Crippen molar-refractivity contribution in [3.63, 3.8) is 0 Å². The zero-order chi connectivity index (χ0) is 14.7. The summed E-state index contributed by atoms with van der Waals surface area (Å²) in [6.07, 6.45) is 3.58. The van der Waals surface area contributed by atoms with E-state index >= 15 is 0 Å². The number of piperidine rings is 1. The molecule has 4 nitrogen and oxygen atoms in total. The number of hydrogen-bond acceptors (Lipinski definition) is 5. The standard InChI is InChI=1S/C16H17N3OS/c17-10-12(14(20)11-19-8-4-1-5-9-19)16-18-13-6-2-3-7-15(13)21-16/h2-3,6-7,20H,1,4-5,8-9,11H2. The fraction of sp³-hybridized carbons (Fsp3) is 0.375. The summed E-state index contributed by atoms with van der Waals surface area (Å²) in [6, 6.07) is 9.90. The van der Waals surface area contributed by atoms with Crippen LogP contribution in [0.3, 0.4) is 0 Å². The Morgan fingerprint density at radius 2 is 2.05 bits per heavy atom. The summed E-state index contributed by atoms with van der Waals surface area (Å²) < 4.78 is 1.03. The first-order chi connectivity index (χ1) is 10.3. The van der Waals surface area contributed by atoms with Gasteiger partial charge in [0.1, 0.15) is 22.4 Å². The molecule has 0 radical (unpaired) electrons. The predicted octanol–water partition coefficient (Wildman–Crippen LogP) is 3.57. The first-order valence-electron chi connectivity index (χ1n) is 7.18. The van der Waals surface area contributed by atoms with Gasteiger partial charge in [-0.1, -0.05) is 18.6 Å². The van der Waals surface area contributed by atoms with Crippen molar-refractivity contribution in [2.45, 2.75) is 19.3 Å². The van der Waals surface area contributed by atoms with Gasteiger partial charge >= 0.3 is 0 Å². The van der Waals surface area contributed by atoms with Crippen LogP contribution in [0.15, 0.2) is 30.0 Å². The molecule has 1 aromatic carbocycles. The van der Waals surface area contributed by atoms with Crippen LogP contribution in [0.2, 0.25) is 0 Å². The average Bonchev–Trinajstić information content (AvgIpc) is 2.92. The molecule has 2 aromatic rings. The maximum Gasteiger partial charge on any atom is 0.138 e. The van der Waals surface area contributed by atoms with E-state index in [4.69, 9.17) is 0 Å². The van der Waals surface area contributed by atoms with Gasteiger partial charge in [0.05, 0.1) is 16.8 Å². The zero-order valence-corrected chi connectivity index (χ0v) is 12.6. The first-order valence-corrected chi connectivity index (χ1v) is 8.00. The van der Waals surface area contributed by atoms with Crippen LogP contribution in [0.1, 0.15) is 24.3 Å². The number of allylic oxidation sites excluding steroid dienone is 1. The minimum absolute atomic E-state index is 0.137. The quantitative estimate of drug-likeness (QED) is 0.695. The molecule has 5 heteroatoms. The smallest absolute Gasteiger partial charge is 0.138 e. The number of thiazole rings is 1. The highest BCUT2D eigenvalue weighted by atomic mass is 32.1. The third-order valence-electron chi connectivity index (χ3n) is 3.73. The van der Waals surface area contributed by atoms with Crippen molar-refractivity contribution in [2.75, 3.05) is 19.6 Å². The van der Waals surface area contributed by atoms with Gasteiger partial charge in [-0.25, -0.2) is 4.98 Å². The summed E-state index contributed by atoms with van der Waals surface area (Å²) in [5, 5.41) is 20.3. The molecule has 0 atom stereocenters. The van der Waals surface area contributed by atoms with Crippen LogP contribution in [0.4, 0.5) is 0 Å². The van der Waals surface area contributed by atoms with Crippen molar-refractivity contribution in [2.24, 2.45) is 0 Å². The van der Waals surface area contributed by atoms with E-state index in [0.717, 1.165) is 36.1 Å². The summed E-state index contributed by atoms with van der Waals surface area (Å²) in [4.78, 5) is 6.66. The molecular weight excluding hydrogens is 282 g/mol. The average molecular weight is 299 g/mol. The lowest BCUT2D eigenvalue weighted by Crippen LogP contribution is -2.31. The van der Waals surface area contributed by atoms with Crippen LogP contribution in [0.25, 0.3) is 15.8 Å². The maximum absolute atomic E-state index is 10.3. The van der Waals surface area contributed by atoms with E-state index in [-0.39, 0.29) is 5.76 Å². The normalized spacial score (nSPS) is 17.5. The summed E-state index contributed by atoms with van der Waals surface area (Å²) in [5.41, 5.74) is 1.18. The second kappa shape index (κ2) is 6.25. The summed E-state index contributed by atoms with van der Waals surface area (Å²) in [6.45, 7) is 2.42. The number of aliphatic hydroxyl groups excluding tert-OH is 1. The second-order valence-electron chi connectivity index (χ2n) is 5.26. The van der Waals surface area contributed by atoms with Crippen LogP contribution in [-0.2, 0) is 0 Å². The number of aliphatic hydroxyl groups is 1. The van der Waals surface area contributed by atoms with Crippen LogP contribution < -0.4 is 0 Å². The van der Waals surface area contributed by atoms with Crippen LogP contribution in [0, 0.1) is 11.3 Å². The molecule has 1 aliphatic rings. The Bertz CT molecular complexity index is 675. The topological polar surface area (TPSA) is 60.1 Å². The van der Waals surface area contributed by atoms with E-state index in [1.165, 1.54) is 17.8 Å². The van der Waals surface area contributed by atoms with E-state index < -0.39 is 0 Å². The largest absolute Gasteiger partial charge is 0.509 e. The van der Waals surface area contributed by atoms with Crippen LogP contribution in [0.5, 0.6) is 0 Å².